The first-order valence-electron chi connectivity index (χ1n) is 6.31. The van der Waals surface area contributed by atoms with Gasteiger partial charge in [0.25, 0.3) is 0 Å². The van der Waals surface area contributed by atoms with E-state index in [1.54, 1.807) is 24.3 Å². The number of carbonyl (C=O) groups excluding carboxylic acids is 1. The van der Waals surface area contributed by atoms with Crippen molar-refractivity contribution in [3.05, 3.63) is 30.7 Å². The third-order valence-corrected chi connectivity index (χ3v) is 2.97. The van der Waals surface area contributed by atoms with E-state index in [2.05, 4.69) is 15.5 Å². The summed E-state index contributed by atoms with van der Waals surface area (Å²) in [5.74, 6) is 0.234. The van der Waals surface area contributed by atoms with Crippen LogP contribution in [-0.4, -0.2) is 22.1 Å². The molecule has 0 spiro atoms. The summed E-state index contributed by atoms with van der Waals surface area (Å²) in [6, 6.07) is 6.56. The highest BCUT2D eigenvalue weighted by Gasteiger charge is 2.27. The number of carbonyl (C=O) groups is 1. The van der Waals surface area contributed by atoms with Crippen LogP contribution in [0.25, 0.3) is 11.5 Å². The third kappa shape index (κ3) is 3.21. The van der Waals surface area contributed by atoms with Crippen molar-refractivity contribution in [1.82, 2.24) is 10.2 Å². The van der Waals surface area contributed by atoms with Gasteiger partial charge in [-0.2, -0.15) is 0 Å². The van der Waals surface area contributed by atoms with Gasteiger partial charge in [-0.05, 0) is 29.7 Å². The minimum absolute atomic E-state index is 0.206. The fourth-order valence-corrected chi connectivity index (χ4v) is 1.61. The Labute approximate surface area is 117 Å². The van der Waals surface area contributed by atoms with E-state index in [1.165, 1.54) is 6.39 Å². The van der Waals surface area contributed by atoms with Crippen molar-refractivity contribution in [2.75, 3.05) is 5.32 Å². The summed E-state index contributed by atoms with van der Waals surface area (Å²) < 4.78 is 5.09. The maximum Gasteiger partial charge on any atom is 0.247 e. The number of nitrogens with one attached hydrogen (secondary N) is 1. The molecule has 1 amide bonds. The number of nitrogens with zero attached hydrogens (tertiary/aromatic N) is 2. The molecule has 0 aliphatic rings. The van der Waals surface area contributed by atoms with Gasteiger partial charge in [-0.15, -0.1) is 10.2 Å². The van der Waals surface area contributed by atoms with Crippen LogP contribution in [0.2, 0.25) is 0 Å². The van der Waals surface area contributed by atoms with Gasteiger partial charge in [0.05, 0.1) is 6.04 Å². The molecule has 1 aromatic heterocycles. The fraction of sp³-hybridized carbons (Fsp3) is 0.357. The zero-order chi connectivity index (χ0) is 14.8. The normalized spacial score (nSPS) is 13.0. The minimum Gasteiger partial charge on any atom is -0.423 e. The molecule has 0 radical (unpaired) electrons. The van der Waals surface area contributed by atoms with E-state index in [1.807, 2.05) is 20.8 Å². The lowest BCUT2D eigenvalue weighted by Crippen LogP contribution is -2.45. The lowest BCUT2D eigenvalue weighted by molar-refractivity contribution is -0.119. The molecule has 2 rings (SSSR count). The number of anilines is 1. The SMILES string of the molecule is CC(C)(C)[C@@H](N)C(=O)Nc1ccc(-c2nnco2)cc1. The lowest BCUT2D eigenvalue weighted by atomic mass is 9.87. The molecule has 1 aromatic carbocycles. The molecular weight excluding hydrogens is 256 g/mol. The molecule has 0 saturated carbocycles. The Hall–Kier alpha value is -2.21. The van der Waals surface area contributed by atoms with E-state index in [9.17, 15) is 4.79 Å². The molecule has 0 saturated heterocycles. The minimum atomic E-state index is -0.571. The highest BCUT2D eigenvalue weighted by molar-refractivity contribution is 5.95. The highest BCUT2D eigenvalue weighted by Crippen LogP contribution is 2.21. The van der Waals surface area contributed by atoms with Gasteiger partial charge >= 0.3 is 0 Å². The van der Waals surface area contributed by atoms with Gasteiger partial charge in [0.2, 0.25) is 18.2 Å². The first kappa shape index (κ1) is 14.2. The van der Waals surface area contributed by atoms with Crippen LogP contribution in [0.5, 0.6) is 0 Å². The molecule has 0 aliphatic heterocycles. The third-order valence-electron chi connectivity index (χ3n) is 2.97. The Balaban J connectivity index is 2.06. The van der Waals surface area contributed by atoms with E-state index in [0.717, 1.165) is 5.56 Å². The number of benzene rings is 1. The van der Waals surface area contributed by atoms with Crippen molar-refractivity contribution < 1.29 is 9.21 Å². The summed E-state index contributed by atoms with van der Waals surface area (Å²) in [5.41, 5.74) is 7.09. The topological polar surface area (TPSA) is 94.0 Å². The average molecular weight is 274 g/mol. The first-order valence-corrected chi connectivity index (χ1v) is 6.31. The van der Waals surface area contributed by atoms with Crippen LogP contribution in [-0.2, 0) is 4.79 Å². The van der Waals surface area contributed by atoms with Gasteiger partial charge < -0.3 is 15.5 Å². The maximum atomic E-state index is 12.0. The molecule has 0 unspecified atom stereocenters. The second-order valence-electron chi connectivity index (χ2n) is 5.65. The summed E-state index contributed by atoms with van der Waals surface area (Å²) >= 11 is 0. The summed E-state index contributed by atoms with van der Waals surface area (Å²) in [7, 11) is 0. The standard InChI is InChI=1S/C14H18N4O2/c1-14(2,3)11(15)12(19)17-10-6-4-9(5-7-10)13-18-16-8-20-13/h4-8,11H,15H2,1-3H3,(H,17,19)/t11-/m0/s1. The fourth-order valence-electron chi connectivity index (χ4n) is 1.61. The molecule has 106 valence electrons. The number of hydrogen-bond donors (Lipinski definition) is 2. The Morgan fingerprint density at radius 3 is 2.45 bits per heavy atom. The van der Waals surface area contributed by atoms with Gasteiger partial charge in [-0.1, -0.05) is 20.8 Å². The lowest BCUT2D eigenvalue weighted by Gasteiger charge is -2.25. The van der Waals surface area contributed by atoms with Crippen LogP contribution in [0.1, 0.15) is 20.8 Å². The van der Waals surface area contributed by atoms with Crippen molar-refractivity contribution in [2.24, 2.45) is 11.1 Å². The van der Waals surface area contributed by atoms with Crippen molar-refractivity contribution in [3.8, 4) is 11.5 Å². The summed E-state index contributed by atoms with van der Waals surface area (Å²) in [4.78, 5) is 12.0. The maximum absolute atomic E-state index is 12.0. The Kier molecular flexibility index (Phi) is 3.85. The Morgan fingerprint density at radius 2 is 1.95 bits per heavy atom. The number of aromatic nitrogens is 2. The van der Waals surface area contributed by atoms with E-state index >= 15 is 0 Å². The zero-order valence-corrected chi connectivity index (χ0v) is 11.8. The van der Waals surface area contributed by atoms with Crippen LogP contribution in [0.3, 0.4) is 0 Å². The smallest absolute Gasteiger partial charge is 0.247 e. The van der Waals surface area contributed by atoms with Crippen molar-refractivity contribution in [1.29, 1.82) is 0 Å². The molecular formula is C14H18N4O2. The number of hydrogen-bond acceptors (Lipinski definition) is 5. The molecule has 2 aromatic rings. The van der Waals surface area contributed by atoms with Crippen molar-refractivity contribution in [3.63, 3.8) is 0 Å². The van der Waals surface area contributed by atoms with Crippen molar-refractivity contribution >= 4 is 11.6 Å². The van der Waals surface area contributed by atoms with E-state index in [4.69, 9.17) is 10.2 Å². The van der Waals surface area contributed by atoms with E-state index in [0.29, 0.717) is 11.6 Å². The van der Waals surface area contributed by atoms with Crippen LogP contribution < -0.4 is 11.1 Å². The molecule has 0 fully saturated rings. The predicted octanol–water partition coefficient (Wildman–Crippen LogP) is 2.05. The largest absolute Gasteiger partial charge is 0.423 e. The molecule has 3 N–H and O–H groups in total. The van der Waals surface area contributed by atoms with Crippen LogP contribution in [0, 0.1) is 5.41 Å². The second kappa shape index (κ2) is 5.42. The number of rotatable bonds is 3. The second-order valence-corrected chi connectivity index (χ2v) is 5.65. The summed E-state index contributed by atoms with van der Waals surface area (Å²) in [6.45, 7) is 5.78. The first-order chi connectivity index (χ1) is 9.38. The van der Waals surface area contributed by atoms with Gasteiger partial charge in [0.1, 0.15) is 0 Å². The molecule has 0 bridgehead atoms. The molecule has 1 heterocycles. The molecule has 6 nitrogen and oxygen atoms in total. The average Bonchev–Trinajstić information content (AvgIpc) is 2.91. The number of nitrogens with two attached hydrogens (primary N) is 1. The molecule has 6 heteroatoms. The quantitative estimate of drug-likeness (QED) is 0.893. The van der Waals surface area contributed by atoms with Gasteiger partial charge in [0, 0.05) is 11.3 Å². The molecule has 20 heavy (non-hydrogen) atoms. The van der Waals surface area contributed by atoms with Gasteiger partial charge in [-0.3, -0.25) is 4.79 Å². The van der Waals surface area contributed by atoms with Gasteiger partial charge in [-0.25, -0.2) is 0 Å². The highest BCUT2D eigenvalue weighted by atomic mass is 16.4. The summed E-state index contributed by atoms with van der Waals surface area (Å²) in [6.07, 6.45) is 1.27. The molecule has 0 aliphatic carbocycles. The van der Waals surface area contributed by atoms with Gasteiger partial charge in [0.15, 0.2) is 0 Å². The van der Waals surface area contributed by atoms with Crippen LogP contribution in [0.4, 0.5) is 5.69 Å². The summed E-state index contributed by atoms with van der Waals surface area (Å²) in [5, 5.41) is 10.2. The zero-order valence-electron chi connectivity index (χ0n) is 11.8. The predicted molar refractivity (Wildman–Crippen MR) is 75.8 cm³/mol. The van der Waals surface area contributed by atoms with E-state index < -0.39 is 6.04 Å². The van der Waals surface area contributed by atoms with E-state index in [-0.39, 0.29) is 11.3 Å². The van der Waals surface area contributed by atoms with Crippen LogP contribution >= 0.6 is 0 Å². The Morgan fingerprint density at radius 1 is 1.30 bits per heavy atom. The van der Waals surface area contributed by atoms with Crippen LogP contribution in [0.15, 0.2) is 35.1 Å². The Bertz CT molecular complexity index is 570. The van der Waals surface area contributed by atoms with Crippen molar-refractivity contribution in [2.45, 2.75) is 26.8 Å². The monoisotopic (exact) mass is 274 g/mol. The molecule has 1 atom stereocenters. The number of amides is 1.